The van der Waals surface area contributed by atoms with Crippen LogP contribution in [0.5, 0.6) is 0 Å². The topological polar surface area (TPSA) is 84.9 Å². The average molecular weight is 367 g/mol. The summed E-state index contributed by atoms with van der Waals surface area (Å²) in [6, 6.07) is 0. The van der Waals surface area contributed by atoms with E-state index in [9.17, 15) is 9.59 Å². The molecule has 2 N–H and O–H groups in total. The first-order chi connectivity index (χ1) is 12.4. The Morgan fingerprint density at radius 1 is 1.35 bits per heavy atom. The second-order valence-corrected chi connectivity index (χ2v) is 7.99. The van der Waals surface area contributed by atoms with Crippen LogP contribution in [0.2, 0.25) is 0 Å². The Balaban J connectivity index is 1.78. The molecular weight excluding hydrogens is 334 g/mol. The maximum absolute atomic E-state index is 12.0. The predicted octanol–water partition coefficient (Wildman–Crippen LogP) is 3.47. The van der Waals surface area contributed by atoms with E-state index in [1.807, 2.05) is 0 Å². The smallest absolute Gasteiger partial charge is 0.356 e. The summed E-state index contributed by atoms with van der Waals surface area (Å²) in [6.07, 6.45) is 7.15. The van der Waals surface area contributed by atoms with E-state index in [2.05, 4.69) is 26.1 Å². The fourth-order valence-electron chi connectivity index (χ4n) is 3.85. The van der Waals surface area contributed by atoms with E-state index < -0.39 is 12.3 Å². The number of hydrogen-bond donors (Lipinski definition) is 2. The quantitative estimate of drug-likeness (QED) is 0.454. The second-order valence-electron chi connectivity index (χ2n) is 7.99. The van der Waals surface area contributed by atoms with Crippen molar-refractivity contribution in [3.05, 3.63) is 11.8 Å². The number of ether oxygens (including phenoxy) is 2. The molecule has 1 heterocycles. The molecule has 1 saturated carbocycles. The van der Waals surface area contributed by atoms with Crippen molar-refractivity contribution < 1.29 is 24.2 Å². The normalized spacial score (nSPS) is 28.8. The van der Waals surface area contributed by atoms with Crippen molar-refractivity contribution in [3.8, 4) is 0 Å². The van der Waals surface area contributed by atoms with Crippen LogP contribution in [0.1, 0.15) is 65.7 Å². The molecule has 2 rings (SSSR count). The highest BCUT2D eigenvalue weighted by atomic mass is 16.7. The van der Waals surface area contributed by atoms with Gasteiger partial charge in [0.1, 0.15) is 5.70 Å². The van der Waals surface area contributed by atoms with Gasteiger partial charge < -0.3 is 19.9 Å². The number of carboxylic acid groups (broad SMARTS) is 1. The molecule has 1 fully saturated rings. The van der Waals surface area contributed by atoms with Crippen LogP contribution >= 0.6 is 0 Å². The Morgan fingerprint density at radius 3 is 2.81 bits per heavy atom. The molecule has 0 saturated heterocycles. The largest absolute Gasteiger partial charge is 0.481 e. The molecule has 26 heavy (non-hydrogen) atoms. The monoisotopic (exact) mass is 367 g/mol. The summed E-state index contributed by atoms with van der Waals surface area (Å²) in [5.74, 6) is 0.559. The van der Waals surface area contributed by atoms with Crippen molar-refractivity contribution in [1.82, 2.24) is 5.32 Å². The van der Waals surface area contributed by atoms with E-state index in [-0.39, 0.29) is 18.5 Å². The summed E-state index contributed by atoms with van der Waals surface area (Å²) in [6.45, 7) is 7.33. The van der Waals surface area contributed by atoms with Crippen LogP contribution in [0.25, 0.3) is 0 Å². The molecule has 0 amide bonds. The van der Waals surface area contributed by atoms with Gasteiger partial charge in [-0.2, -0.15) is 0 Å². The molecule has 6 nitrogen and oxygen atoms in total. The van der Waals surface area contributed by atoms with Crippen LogP contribution in [-0.4, -0.2) is 36.0 Å². The molecule has 1 aliphatic heterocycles. The van der Waals surface area contributed by atoms with Crippen molar-refractivity contribution in [2.45, 2.75) is 78.1 Å². The Hall–Kier alpha value is -1.56. The van der Waals surface area contributed by atoms with Crippen molar-refractivity contribution in [2.75, 3.05) is 6.54 Å². The van der Waals surface area contributed by atoms with Gasteiger partial charge in [-0.3, -0.25) is 4.79 Å². The fraction of sp³-hybridized carbons (Fsp3) is 0.800. The van der Waals surface area contributed by atoms with Gasteiger partial charge in [-0.05, 0) is 43.4 Å². The molecule has 6 heteroatoms. The van der Waals surface area contributed by atoms with Crippen LogP contribution in [0.15, 0.2) is 11.8 Å². The van der Waals surface area contributed by atoms with Crippen LogP contribution < -0.4 is 5.32 Å². The Labute approximate surface area is 156 Å². The molecule has 0 bridgehead atoms. The number of unbranched alkanes of at least 4 members (excludes halogenated alkanes) is 2. The van der Waals surface area contributed by atoms with Gasteiger partial charge in [0.25, 0.3) is 0 Å². The van der Waals surface area contributed by atoms with E-state index in [4.69, 9.17) is 14.6 Å². The number of hydrogen-bond acceptors (Lipinski definition) is 5. The third kappa shape index (κ3) is 6.31. The Bertz CT molecular complexity index is 516. The van der Waals surface area contributed by atoms with E-state index in [1.54, 1.807) is 6.08 Å². The van der Waals surface area contributed by atoms with E-state index in [1.165, 1.54) is 6.42 Å². The SMILES string of the molecule is CC1CCC(C(C)C)C(OC2C=C(NCCCCCC(=O)O)C(=O)O2)C1. The summed E-state index contributed by atoms with van der Waals surface area (Å²) in [5.41, 5.74) is 0.457. The summed E-state index contributed by atoms with van der Waals surface area (Å²) in [7, 11) is 0. The van der Waals surface area contributed by atoms with Crippen LogP contribution in [0, 0.1) is 17.8 Å². The molecule has 0 spiro atoms. The zero-order valence-corrected chi connectivity index (χ0v) is 16.2. The minimum Gasteiger partial charge on any atom is -0.481 e. The second kappa shape index (κ2) is 9.95. The van der Waals surface area contributed by atoms with Crippen LogP contribution in [-0.2, 0) is 19.1 Å². The summed E-state index contributed by atoms with van der Waals surface area (Å²) in [4.78, 5) is 22.5. The molecular formula is C20H33NO5. The third-order valence-electron chi connectivity index (χ3n) is 5.40. The van der Waals surface area contributed by atoms with Gasteiger partial charge in [0, 0.05) is 19.0 Å². The van der Waals surface area contributed by atoms with E-state index in [0.717, 1.165) is 25.7 Å². The lowest BCUT2D eigenvalue weighted by molar-refractivity contribution is -0.179. The number of carboxylic acids is 1. The van der Waals surface area contributed by atoms with Gasteiger partial charge in [0.2, 0.25) is 6.29 Å². The summed E-state index contributed by atoms with van der Waals surface area (Å²) < 4.78 is 11.5. The molecule has 1 aliphatic carbocycles. The highest BCUT2D eigenvalue weighted by Crippen LogP contribution is 2.36. The first-order valence-electron chi connectivity index (χ1n) is 9.90. The first kappa shape index (κ1) is 20.7. The highest BCUT2D eigenvalue weighted by Gasteiger charge is 2.35. The van der Waals surface area contributed by atoms with Gasteiger partial charge in [0.05, 0.1) is 6.10 Å². The number of rotatable bonds is 10. The van der Waals surface area contributed by atoms with Gasteiger partial charge in [0.15, 0.2) is 0 Å². The molecule has 0 aromatic heterocycles. The molecule has 148 valence electrons. The molecule has 0 aromatic rings. The zero-order valence-electron chi connectivity index (χ0n) is 16.2. The van der Waals surface area contributed by atoms with Crippen LogP contribution in [0.4, 0.5) is 0 Å². The molecule has 0 radical (unpaired) electrons. The lowest BCUT2D eigenvalue weighted by Gasteiger charge is -2.37. The van der Waals surface area contributed by atoms with Crippen molar-refractivity contribution in [3.63, 3.8) is 0 Å². The highest BCUT2D eigenvalue weighted by molar-refractivity contribution is 5.90. The third-order valence-corrected chi connectivity index (χ3v) is 5.40. The van der Waals surface area contributed by atoms with Gasteiger partial charge in [-0.1, -0.05) is 33.6 Å². The standard InChI is InChI=1S/C20H33NO5/c1-13(2)15-9-8-14(3)11-17(15)25-19-12-16(20(24)26-19)21-10-6-4-5-7-18(22)23/h12-15,17,19,21H,4-11H2,1-3H3,(H,22,23). The predicted molar refractivity (Wildman–Crippen MR) is 98.3 cm³/mol. The number of esters is 1. The number of carbonyl (C=O) groups excluding carboxylic acids is 1. The van der Waals surface area contributed by atoms with Gasteiger partial charge in [-0.25, -0.2) is 4.79 Å². The fourth-order valence-corrected chi connectivity index (χ4v) is 3.85. The zero-order chi connectivity index (χ0) is 19.1. The number of cyclic esters (lactones) is 1. The molecule has 2 aliphatic rings. The number of carbonyl (C=O) groups is 2. The van der Waals surface area contributed by atoms with Crippen LogP contribution in [0.3, 0.4) is 0 Å². The van der Waals surface area contributed by atoms with Gasteiger partial charge >= 0.3 is 11.9 Å². The summed E-state index contributed by atoms with van der Waals surface area (Å²) >= 11 is 0. The molecule has 4 atom stereocenters. The van der Waals surface area contributed by atoms with Crippen molar-refractivity contribution in [2.24, 2.45) is 17.8 Å². The van der Waals surface area contributed by atoms with E-state index >= 15 is 0 Å². The Morgan fingerprint density at radius 2 is 2.12 bits per heavy atom. The maximum Gasteiger partial charge on any atom is 0.356 e. The van der Waals surface area contributed by atoms with Gasteiger partial charge in [-0.15, -0.1) is 0 Å². The lowest BCUT2D eigenvalue weighted by Crippen LogP contribution is -2.36. The number of aliphatic carboxylic acids is 1. The van der Waals surface area contributed by atoms with E-state index in [0.29, 0.717) is 36.4 Å². The first-order valence-corrected chi connectivity index (χ1v) is 9.90. The summed E-state index contributed by atoms with van der Waals surface area (Å²) in [5, 5.41) is 11.7. The molecule has 0 aromatic carbocycles. The number of nitrogens with one attached hydrogen (secondary N) is 1. The average Bonchev–Trinajstić information content (AvgIpc) is 2.89. The van der Waals surface area contributed by atoms with Crippen molar-refractivity contribution >= 4 is 11.9 Å². The maximum atomic E-state index is 12.0. The molecule has 4 unspecified atom stereocenters. The lowest BCUT2D eigenvalue weighted by atomic mass is 9.75. The Kier molecular flexibility index (Phi) is 7.94. The minimum absolute atomic E-state index is 0.128. The minimum atomic E-state index is -0.767. The van der Waals surface area contributed by atoms with Crippen molar-refractivity contribution in [1.29, 1.82) is 0 Å².